The van der Waals surface area contributed by atoms with E-state index in [9.17, 15) is 4.79 Å². The molecule has 1 aromatic carbocycles. The predicted molar refractivity (Wildman–Crippen MR) is 83.4 cm³/mol. The molecule has 0 atom stereocenters. The van der Waals surface area contributed by atoms with Crippen LogP contribution in [-0.4, -0.2) is 19.7 Å². The highest BCUT2D eigenvalue weighted by molar-refractivity contribution is 7.99. The number of pyridine rings is 1. The van der Waals surface area contributed by atoms with Gasteiger partial charge < -0.3 is 5.73 Å². The lowest BCUT2D eigenvalue weighted by atomic mass is 10.2. The topological polar surface area (TPSA) is 89.6 Å². The van der Waals surface area contributed by atoms with E-state index in [-0.39, 0.29) is 5.69 Å². The molecule has 3 rings (SSSR count). The Bertz CT molecular complexity index is 839. The molecule has 0 saturated carbocycles. The highest BCUT2D eigenvalue weighted by Crippen LogP contribution is 2.33. The van der Waals surface area contributed by atoms with E-state index in [2.05, 4.69) is 15.2 Å². The number of rotatable bonds is 4. The summed E-state index contributed by atoms with van der Waals surface area (Å²) in [6, 6.07) is 7.59. The molecule has 0 aliphatic heterocycles. The van der Waals surface area contributed by atoms with Crippen molar-refractivity contribution in [3.8, 4) is 0 Å². The molecule has 0 unspecified atom stereocenters. The predicted octanol–water partition coefficient (Wildman–Crippen LogP) is 2.26. The van der Waals surface area contributed by atoms with Crippen LogP contribution in [0.25, 0.3) is 10.9 Å². The van der Waals surface area contributed by atoms with Crippen LogP contribution < -0.4 is 11.4 Å². The molecule has 0 radical (unpaired) electrons. The normalized spacial score (nSPS) is 11.1. The van der Waals surface area contributed by atoms with Crippen LogP contribution in [0.15, 0.2) is 45.3 Å². The first-order valence-corrected chi connectivity index (χ1v) is 7.48. The smallest absolute Gasteiger partial charge is 0.343 e. The Morgan fingerprint density at radius 1 is 1.38 bits per heavy atom. The third kappa shape index (κ3) is 2.52. The second-order valence-corrected chi connectivity index (χ2v) is 5.63. The summed E-state index contributed by atoms with van der Waals surface area (Å²) in [6.45, 7) is 2.67. The molecule has 3 N–H and O–H groups in total. The third-order valence-electron chi connectivity index (χ3n) is 3.13. The third-order valence-corrected chi connectivity index (χ3v) is 4.20. The average molecular weight is 301 g/mol. The van der Waals surface area contributed by atoms with Crippen LogP contribution in [0.3, 0.4) is 0 Å². The van der Waals surface area contributed by atoms with Gasteiger partial charge in [-0.25, -0.2) is 9.89 Å². The Hall–Kier alpha value is -2.28. The zero-order chi connectivity index (χ0) is 14.8. The Labute approximate surface area is 125 Å². The maximum Gasteiger partial charge on any atom is 0.343 e. The van der Waals surface area contributed by atoms with Gasteiger partial charge in [-0.15, -0.1) is 5.10 Å². The number of nitrogens with zero attached hydrogens (tertiary/aromatic N) is 3. The van der Waals surface area contributed by atoms with Crippen molar-refractivity contribution in [3.05, 3.63) is 40.9 Å². The molecule has 0 saturated heterocycles. The number of anilines is 1. The van der Waals surface area contributed by atoms with E-state index in [1.54, 1.807) is 10.8 Å². The van der Waals surface area contributed by atoms with Crippen molar-refractivity contribution in [2.45, 2.75) is 29.9 Å². The summed E-state index contributed by atoms with van der Waals surface area (Å²) >= 11 is 1.44. The van der Waals surface area contributed by atoms with Crippen LogP contribution in [0.2, 0.25) is 0 Å². The van der Waals surface area contributed by atoms with E-state index < -0.39 is 0 Å². The van der Waals surface area contributed by atoms with Gasteiger partial charge in [-0.2, -0.15) is 0 Å². The molecule has 0 bridgehead atoms. The van der Waals surface area contributed by atoms with E-state index in [1.807, 2.05) is 31.2 Å². The lowest BCUT2D eigenvalue weighted by molar-refractivity contribution is 0.604. The fourth-order valence-electron chi connectivity index (χ4n) is 2.16. The number of aromatic amines is 1. The van der Waals surface area contributed by atoms with Crippen LogP contribution in [0.5, 0.6) is 0 Å². The van der Waals surface area contributed by atoms with Crippen LogP contribution in [0.4, 0.5) is 5.69 Å². The van der Waals surface area contributed by atoms with Gasteiger partial charge in [0, 0.05) is 23.0 Å². The summed E-state index contributed by atoms with van der Waals surface area (Å²) in [5, 5.41) is 8.20. The number of nitrogens with two attached hydrogens (primary N) is 1. The second kappa shape index (κ2) is 5.61. The molecule has 3 aromatic rings. The van der Waals surface area contributed by atoms with Crippen molar-refractivity contribution >= 4 is 28.4 Å². The van der Waals surface area contributed by atoms with Gasteiger partial charge in [-0.1, -0.05) is 13.0 Å². The van der Waals surface area contributed by atoms with Crippen molar-refractivity contribution in [1.29, 1.82) is 0 Å². The van der Waals surface area contributed by atoms with Gasteiger partial charge in [0.25, 0.3) is 0 Å². The van der Waals surface area contributed by atoms with E-state index in [4.69, 9.17) is 5.73 Å². The van der Waals surface area contributed by atoms with E-state index >= 15 is 0 Å². The number of hydrogen-bond acceptors (Lipinski definition) is 5. The first-order chi connectivity index (χ1) is 10.2. The summed E-state index contributed by atoms with van der Waals surface area (Å²) in [6.07, 6.45) is 2.59. The van der Waals surface area contributed by atoms with E-state index in [1.165, 1.54) is 11.8 Å². The molecule has 0 fully saturated rings. The van der Waals surface area contributed by atoms with Crippen molar-refractivity contribution in [1.82, 2.24) is 19.7 Å². The maximum absolute atomic E-state index is 11.7. The Morgan fingerprint density at radius 3 is 3.05 bits per heavy atom. The number of hydrogen-bond donors (Lipinski definition) is 2. The van der Waals surface area contributed by atoms with E-state index in [0.29, 0.717) is 17.4 Å². The highest BCUT2D eigenvalue weighted by Gasteiger charge is 2.12. The quantitative estimate of drug-likeness (QED) is 0.721. The van der Waals surface area contributed by atoms with E-state index in [0.717, 1.165) is 22.2 Å². The van der Waals surface area contributed by atoms with Crippen molar-refractivity contribution in [3.63, 3.8) is 0 Å². The van der Waals surface area contributed by atoms with Crippen molar-refractivity contribution < 1.29 is 0 Å². The summed E-state index contributed by atoms with van der Waals surface area (Å²) < 4.78 is 1.64. The van der Waals surface area contributed by atoms with Gasteiger partial charge >= 0.3 is 5.69 Å². The van der Waals surface area contributed by atoms with Crippen LogP contribution >= 0.6 is 11.8 Å². The summed E-state index contributed by atoms with van der Waals surface area (Å²) in [4.78, 5) is 17.0. The van der Waals surface area contributed by atoms with Crippen LogP contribution in [0, 0.1) is 0 Å². The molecular weight excluding hydrogens is 286 g/mol. The minimum atomic E-state index is -0.183. The maximum atomic E-state index is 11.7. The molecule has 2 aromatic heterocycles. The van der Waals surface area contributed by atoms with Gasteiger partial charge in [-0.3, -0.25) is 9.55 Å². The molecule has 108 valence electrons. The zero-order valence-corrected chi connectivity index (χ0v) is 12.4. The Kier molecular flexibility index (Phi) is 3.66. The number of benzene rings is 1. The van der Waals surface area contributed by atoms with Gasteiger partial charge in [-0.05, 0) is 36.4 Å². The highest BCUT2D eigenvalue weighted by atomic mass is 32.2. The Morgan fingerprint density at radius 2 is 2.24 bits per heavy atom. The Balaban J connectivity index is 2.07. The summed E-state index contributed by atoms with van der Waals surface area (Å²) in [7, 11) is 0. The van der Waals surface area contributed by atoms with Gasteiger partial charge in [0.2, 0.25) is 0 Å². The van der Waals surface area contributed by atoms with Crippen LogP contribution in [-0.2, 0) is 6.54 Å². The number of nitrogen functional groups attached to an aromatic ring is 1. The van der Waals surface area contributed by atoms with Crippen LogP contribution in [0.1, 0.15) is 13.3 Å². The number of aromatic nitrogens is 4. The van der Waals surface area contributed by atoms with Crippen molar-refractivity contribution in [2.75, 3.05) is 5.73 Å². The first kappa shape index (κ1) is 13.7. The standard InChI is InChI=1S/C14H15N5OS/c1-2-8-19-13(20)17-18-14(19)21-11-6-5-10(15)12-9(11)4-3-7-16-12/h3-7H,2,8,15H2,1H3,(H,17,20). The molecule has 0 aliphatic carbocycles. The fraction of sp³-hybridized carbons (Fsp3) is 0.214. The summed E-state index contributed by atoms with van der Waals surface area (Å²) in [5.41, 5.74) is 7.18. The molecule has 7 heteroatoms. The molecule has 21 heavy (non-hydrogen) atoms. The lowest BCUT2D eigenvalue weighted by Gasteiger charge is -2.08. The zero-order valence-electron chi connectivity index (χ0n) is 11.5. The number of fused-ring (bicyclic) bond motifs is 1. The first-order valence-electron chi connectivity index (χ1n) is 6.67. The number of H-pyrrole nitrogens is 1. The monoisotopic (exact) mass is 301 g/mol. The van der Waals surface area contributed by atoms with Gasteiger partial charge in [0.15, 0.2) is 5.16 Å². The molecule has 2 heterocycles. The summed E-state index contributed by atoms with van der Waals surface area (Å²) in [5.74, 6) is 0. The molecular formula is C14H15N5OS. The fourth-order valence-corrected chi connectivity index (χ4v) is 3.14. The second-order valence-electron chi connectivity index (χ2n) is 4.62. The molecule has 0 aliphatic rings. The number of nitrogens with one attached hydrogen (secondary N) is 1. The van der Waals surface area contributed by atoms with Gasteiger partial charge in [0.05, 0.1) is 11.2 Å². The minimum Gasteiger partial charge on any atom is -0.397 e. The molecule has 0 amide bonds. The lowest BCUT2D eigenvalue weighted by Crippen LogP contribution is -2.17. The largest absolute Gasteiger partial charge is 0.397 e. The molecule has 0 spiro atoms. The average Bonchev–Trinajstić information content (AvgIpc) is 2.84. The minimum absolute atomic E-state index is 0.183. The van der Waals surface area contributed by atoms with Gasteiger partial charge in [0.1, 0.15) is 0 Å². The van der Waals surface area contributed by atoms with Crippen molar-refractivity contribution in [2.24, 2.45) is 0 Å². The molecule has 6 nitrogen and oxygen atoms in total. The SMILES string of the molecule is CCCn1c(Sc2ccc(N)c3ncccc23)n[nH]c1=O.